The van der Waals surface area contributed by atoms with Gasteiger partial charge in [0.05, 0.1) is 13.1 Å². The predicted molar refractivity (Wildman–Crippen MR) is 236 cm³/mol. The molecule has 0 aromatic heterocycles. The average molecular weight is 759 g/mol. The van der Waals surface area contributed by atoms with Gasteiger partial charge in [-0.2, -0.15) is 0 Å². The minimum absolute atomic E-state index is 0. The Balaban J connectivity index is 0.0000140. The number of aliphatic imine (C=N–C) groups is 2. The van der Waals surface area contributed by atoms with E-state index in [1.165, 1.54) is 198 Å². The van der Waals surface area contributed by atoms with Crippen molar-refractivity contribution < 1.29 is 9.59 Å². The molecule has 5 heteroatoms. The van der Waals surface area contributed by atoms with Gasteiger partial charge in [0.25, 0.3) is 0 Å². The molecule has 0 amide bonds. The van der Waals surface area contributed by atoms with Crippen LogP contribution in [0.5, 0.6) is 0 Å². The molecule has 2 rings (SSSR count). The van der Waals surface area contributed by atoms with Crippen LogP contribution in [0.1, 0.15) is 231 Å². The molecule has 53 heavy (non-hydrogen) atoms. The molecule has 1 aliphatic rings. The lowest BCUT2D eigenvalue weighted by Crippen LogP contribution is -2.51. The summed E-state index contributed by atoms with van der Waals surface area (Å²) in [5.41, 5.74) is 1.40. The number of amidine groups is 1. The first kappa shape index (κ1) is 49.6. The van der Waals surface area contributed by atoms with Gasteiger partial charge in [0.1, 0.15) is 13.1 Å². The van der Waals surface area contributed by atoms with Crippen molar-refractivity contribution >= 4 is 24.1 Å². The third-order valence-electron chi connectivity index (χ3n) is 11.7. The largest absolute Gasteiger partial charge is 0.862 e. The van der Waals surface area contributed by atoms with Crippen LogP contribution in [-0.4, -0.2) is 42.4 Å². The Hall–Kier alpha value is -1.39. The van der Waals surface area contributed by atoms with Gasteiger partial charge < -0.3 is 10.1 Å². The number of nitrogens with zero attached hydrogens (tertiary/aromatic N) is 3. The van der Waals surface area contributed by atoms with Gasteiger partial charge >= 0.3 is 0 Å². The van der Waals surface area contributed by atoms with Crippen LogP contribution in [0.2, 0.25) is 0 Å². The minimum Gasteiger partial charge on any atom is -0.862 e. The van der Waals surface area contributed by atoms with Gasteiger partial charge in [-0.25, -0.2) is 4.99 Å². The smallest absolute Gasteiger partial charge is 0.198 e. The highest BCUT2D eigenvalue weighted by molar-refractivity contribution is 5.85. The van der Waals surface area contributed by atoms with Crippen LogP contribution in [0.25, 0.3) is 0 Å². The van der Waals surface area contributed by atoms with Crippen LogP contribution < -0.4 is 5.11 Å². The molecule has 0 N–H and O–H groups in total. The van der Waals surface area contributed by atoms with Crippen molar-refractivity contribution in [2.45, 2.75) is 232 Å². The summed E-state index contributed by atoms with van der Waals surface area (Å²) < 4.78 is 0.978. The Morgan fingerprint density at radius 1 is 0.566 bits per heavy atom. The fourth-order valence-corrected chi connectivity index (χ4v) is 8.35. The normalized spacial score (nSPS) is 15.9. The maximum atomic E-state index is 12.6. The van der Waals surface area contributed by atoms with Gasteiger partial charge in [0.2, 0.25) is 0 Å². The molecule has 1 aliphatic heterocycles. The molecule has 4 nitrogen and oxygen atoms in total. The van der Waals surface area contributed by atoms with Crippen LogP contribution in [0.15, 0.2) is 40.3 Å². The van der Waals surface area contributed by atoms with Crippen molar-refractivity contribution in [1.82, 2.24) is 0 Å². The second kappa shape index (κ2) is 36.3. The number of halogens is 1. The summed E-state index contributed by atoms with van der Waals surface area (Å²) in [5, 5.41) is 12.6. The number of benzene rings is 1. The second-order valence-corrected chi connectivity index (χ2v) is 16.6. The van der Waals surface area contributed by atoms with Crippen LogP contribution in [0.4, 0.5) is 0 Å². The zero-order valence-corrected chi connectivity index (χ0v) is 36.2. The predicted octanol–water partition coefficient (Wildman–Crippen LogP) is 14.5. The minimum atomic E-state index is 0. The summed E-state index contributed by atoms with van der Waals surface area (Å²) in [5.74, 6) is 1.53. The number of unbranched alkanes of at least 4 members (excludes halogenated alkanes) is 28. The van der Waals surface area contributed by atoms with Gasteiger partial charge in [-0.3, -0.25) is 4.48 Å². The number of hydrogen-bond acceptors (Lipinski definition) is 3. The Morgan fingerprint density at radius 2 is 0.981 bits per heavy atom. The van der Waals surface area contributed by atoms with E-state index in [2.05, 4.69) is 49.2 Å². The van der Waals surface area contributed by atoms with Crippen molar-refractivity contribution in [1.29, 1.82) is 0 Å². The Morgan fingerprint density at radius 3 is 1.43 bits per heavy atom. The SMILES string of the molecule is CCCCCCCCCCCCCCCCCC([O-])=NCCC[N+]1(Cc2ccccc2)CCN=C1CCCCCCCCCCCCCCCCC.Cl. The van der Waals surface area contributed by atoms with E-state index in [-0.39, 0.29) is 18.3 Å². The average Bonchev–Trinajstić information content (AvgIpc) is 3.55. The molecule has 0 saturated carbocycles. The Kier molecular flexibility index (Phi) is 34.0. The monoisotopic (exact) mass is 758 g/mol. The van der Waals surface area contributed by atoms with Crippen LogP contribution >= 0.6 is 12.4 Å². The van der Waals surface area contributed by atoms with Crippen molar-refractivity contribution in [3.05, 3.63) is 35.9 Å². The van der Waals surface area contributed by atoms with Crippen molar-refractivity contribution in [3.63, 3.8) is 0 Å². The maximum absolute atomic E-state index is 12.6. The lowest BCUT2D eigenvalue weighted by Gasteiger charge is -2.35. The van der Waals surface area contributed by atoms with E-state index in [0.717, 1.165) is 49.9 Å². The standard InChI is InChI=1S/C48H87N3O.ClH/c1-3-5-7-9-11-13-15-17-19-21-23-25-27-29-34-39-47-49-42-44-51(47,45-46-37-32-31-33-38-46)43-36-41-50-48(52)40-35-30-28-26-24-22-20-18-16-14-12-10-8-6-4-2;/h31-33,37-38H,3-30,34-36,39-45H2,1-2H3;1H. The third-order valence-corrected chi connectivity index (χ3v) is 11.7. The lowest BCUT2D eigenvalue weighted by atomic mass is 10.0. The summed E-state index contributed by atoms with van der Waals surface area (Å²) in [4.78, 5) is 9.61. The van der Waals surface area contributed by atoms with E-state index in [1.807, 2.05) is 0 Å². The Bertz CT molecular complexity index is 982. The number of rotatable bonds is 38. The van der Waals surface area contributed by atoms with Crippen LogP contribution in [0, 0.1) is 0 Å². The molecule has 0 saturated heterocycles. The molecule has 0 fully saturated rings. The summed E-state index contributed by atoms with van der Waals surface area (Å²) in [6.45, 7) is 9.36. The molecule has 0 spiro atoms. The van der Waals surface area contributed by atoms with E-state index in [0.29, 0.717) is 13.0 Å². The molecule has 1 heterocycles. The molecule has 0 bridgehead atoms. The van der Waals surface area contributed by atoms with E-state index in [9.17, 15) is 5.11 Å². The molecule has 1 aromatic rings. The first-order chi connectivity index (χ1) is 25.7. The zero-order valence-electron chi connectivity index (χ0n) is 35.4. The van der Waals surface area contributed by atoms with E-state index < -0.39 is 0 Å². The molecular formula is C48H88ClN3O. The molecule has 1 atom stereocenters. The molecule has 308 valence electrons. The first-order valence-electron chi connectivity index (χ1n) is 23.3. The van der Waals surface area contributed by atoms with Crippen molar-refractivity contribution in [2.24, 2.45) is 9.98 Å². The highest BCUT2D eigenvalue weighted by Crippen LogP contribution is 2.25. The van der Waals surface area contributed by atoms with Crippen molar-refractivity contribution in [3.8, 4) is 0 Å². The summed E-state index contributed by atoms with van der Waals surface area (Å²) in [6, 6.07) is 11.0. The highest BCUT2D eigenvalue weighted by atomic mass is 35.5. The Labute approximate surface area is 336 Å². The molecule has 0 aliphatic carbocycles. The van der Waals surface area contributed by atoms with Crippen molar-refractivity contribution in [2.75, 3.05) is 26.2 Å². The fraction of sp³-hybridized carbons (Fsp3) is 0.833. The highest BCUT2D eigenvalue weighted by Gasteiger charge is 2.37. The first-order valence-corrected chi connectivity index (χ1v) is 23.3. The number of hydrogen-bond donors (Lipinski definition) is 0. The fourth-order valence-electron chi connectivity index (χ4n) is 8.35. The summed E-state index contributed by atoms with van der Waals surface area (Å²) >= 11 is 0. The van der Waals surface area contributed by atoms with Gasteiger partial charge in [-0.05, 0) is 25.2 Å². The van der Waals surface area contributed by atoms with Gasteiger partial charge in [-0.15, -0.1) is 12.4 Å². The van der Waals surface area contributed by atoms with Crippen LogP contribution in [0.3, 0.4) is 0 Å². The molecule has 0 radical (unpaired) electrons. The zero-order chi connectivity index (χ0) is 37.1. The van der Waals surface area contributed by atoms with Gasteiger partial charge in [0, 0.05) is 24.9 Å². The maximum Gasteiger partial charge on any atom is 0.198 e. The van der Waals surface area contributed by atoms with E-state index in [4.69, 9.17) is 4.99 Å². The van der Waals surface area contributed by atoms with E-state index in [1.54, 1.807) is 0 Å². The quantitative estimate of drug-likeness (QED) is 0.0287. The van der Waals surface area contributed by atoms with Gasteiger partial charge in [-0.1, -0.05) is 224 Å². The summed E-state index contributed by atoms with van der Waals surface area (Å²) in [7, 11) is 0. The second-order valence-electron chi connectivity index (χ2n) is 16.6. The molecular weight excluding hydrogens is 670 g/mol. The van der Waals surface area contributed by atoms with Gasteiger partial charge in [0.15, 0.2) is 5.84 Å². The topological polar surface area (TPSA) is 47.8 Å². The summed E-state index contributed by atoms with van der Waals surface area (Å²) in [6.07, 6.45) is 44.1. The molecule has 1 aromatic carbocycles. The number of quaternary nitrogens is 1. The third kappa shape index (κ3) is 27.0. The lowest BCUT2D eigenvalue weighted by molar-refractivity contribution is -0.850. The van der Waals surface area contributed by atoms with E-state index >= 15 is 0 Å². The molecule has 1 unspecified atom stereocenters. The van der Waals surface area contributed by atoms with Crippen LogP contribution in [-0.2, 0) is 6.54 Å².